The minimum atomic E-state index is -0.0862. The Morgan fingerprint density at radius 3 is 1.88 bits per heavy atom. The summed E-state index contributed by atoms with van der Waals surface area (Å²) in [4.78, 5) is 26.1. The average molecular weight is 334 g/mol. The monoisotopic (exact) mass is 333 g/mol. The average Bonchev–Trinajstić information content (AvgIpc) is 3.08. The molecule has 3 heteroatoms. The van der Waals surface area contributed by atoms with Crippen LogP contribution in [0.25, 0.3) is 0 Å². The molecule has 2 aliphatic rings. The van der Waals surface area contributed by atoms with Crippen LogP contribution >= 0.6 is 0 Å². The second-order valence-electron chi connectivity index (χ2n) is 7.70. The van der Waals surface area contributed by atoms with Crippen LogP contribution in [0.2, 0.25) is 0 Å². The molecule has 0 unspecified atom stereocenters. The van der Waals surface area contributed by atoms with E-state index in [0.717, 1.165) is 12.8 Å². The van der Waals surface area contributed by atoms with Crippen LogP contribution in [0.3, 0.4) is 0 Å². The Labute approximate surface area is 147 Å². The zero-order valence-corrected chi connectivity index (χ0v) is 15.8. The molecular weight excluding hydrogens is 298 g/mol. The number of rotatable bonds is 10. The zero-order chi connectivity index (χ0) is 17.5. The number of amides is 2. The van der Waals surface area contributed by atoms with Crippen LogP contribution in [0.4, 0.5) is 0 Å². The first kappa shape index (κ1) is 19.2. The zero-order valence-electron chi connectivity index (χ0n) is 15.8. The molecule has 24 heavy (non-hydrogen) atoms. The quantitative estimate of drug-likeness (QED) is 0.521. The van der Waals surface area contributed by atoms with Crippen LogP contribution in [-0.4, -0.2) is 22.8 Å². The van der Waals surface area contributed by atoms with Crippen molar-refractivity contribution in [3.05, 3.63) is 12.2 Å². The third kappa shape index (κ3) is 4.29. The standard InChI is InChI=1S/C21H35NO2/c1-4-7-10-16-15-19(22-20(23)13-14-21(22)24)18(12-9-6-3)17(16)11-8-5-2/h13-14,16-19H,4-12,15H2,1-3H3/t16-,17-,18-,19-/m0/s1. The van der Waals surface area contributed by atoms with E-state index in [1.807, 2.05) is 0 Å². The van der Waals surface area contributed by atoms with Gasteiger partial charge in [0.1, 0.15) is 0 Å². The molecule has 3 nitrogen and oxygen atoms in total. The van der Waals surface area contributed by atoms with Crippen LogP contribution in [0.1, 0.15) is 85.0 Å². The third-order valence-electron chi connectivity index (χ3n) is 6.08. The predicted molar refractivity (Wildman–Crippen MR) is 98.4 cm³/mol. The van der Waals surface area contributed by atoms with Gasteiger partial charge < -0.3 is 0 Å². The molecule has 2 rings (SSSR count). The fourth-order valence-electron chi connectivity index (χ4n) is 4.86. The molecule has 1 fully saturated rings. The van der Waals surface area contributed by atoms with E-state index < -0.39 is 0 Å². The molecule has 0 radical (unpaired) electrons. The lowest BCUT2D eigenvalue weighted by Gasteiger charge is -2.31. The maximum atomic E-state index is 12.3. The van der Waals surface area contributed by atoms with Crippen molar-refractivity contribution in [1.82, 2.24) is 4.90 Å². The van der Waals surface area contributed by atoms with Gasteiger partial charge in [0, 0.05) is 18.2 Å². The highest BCUT2D eigenvalue weighted by molar-refractivity contribution is 6.13. The first-order valence-electron chi connectivity index (χ1n) is 10.2. The van der Waals surface area contributed by atoms with E-state index in [0.29, 0.717) is 17.8 Å². The van der Waals surface area contributed by atoms with E-state index in [1.54, 1.807) is 4.90 Å². The molecular formula is C21H35NO2. The summed E-state index contributed by atoms with van der Waals surface area (Å²) in [6.45, 7) is 6.73. The van der Waals surface area contributed by atoms with Gasteiger partial charge in [-0.05, 0) is 37.0 Å². The molecule has 1 aliphatic heterocycles. The van der Waals surface area contributed by atoms with Gasteiger partial charge in [0.15, 0.2) is 0 Å². The van der Waals surface area contributed by atoms with E-state index in [2.05, 4.69) is 20.8 Å². The molecule has 1 aliphatic carbocycles. The van der Waals surface area contributed by atoms with Gasteiger partial charge in [-0.2, -0.15) is 0 Å². The van der Waals surface area contributed by atoms with E-state index >= 15 is 0 Å². The SMILES string of the molecule is CCCC[C@H]1C[C@H](N2C(=O)C=CC2=O)[C@@H](CCCC)[C@H]1CCCC. The minimum Gasteiger partial charge on any atom is -0.272 e. The number of unbranched alkanes of at least 4 members (excludes halogenated alkanes) is 3. The maximum Gasteiger partial charge on any atom is 0.253 e. The predicted octanol–water partition coefficient (Wildman–Crippen LogP) is 5.10. The number of nitrogens with zero attached hydrogens (tertiary/aromatic N) is 1. The maximum absolute atomic E-state index is 12.3. The fraction of sp³-hybridized carbons (Fsp3) is 0.810. The van der Waals surface area contributed by atoms with Crippen molar-refractivity contribution in [2.24, 2.45) is 17.8 Å². The number of hydrogen-bond acceptors (Lipinski definition) is 2. The second-order valence-corrected chi connectivity index (χ2v) is 7.70. The van der Waals surface area contributed by atoms with E-state index in [-0.39, 0.29) is 17.9 Å². The molecule has 2 amide bonds. The summed E-state index contributed by atoms with van der Waals surface area (Å²) in [5.74, 6) is 1.71. The minimum absolute atomic E-state index is 0.0862. The summed E-state index contributed by atoms with van der Waals surface area (Å²) in [6, 6.07) is 0.135. The van der Waals surface area contributed by atoms with Crippen LogP contribution in [0, 0.1) is 17.8 Å². The van der Waals surface area contributed by atoms with Crippen molar-refractivity contribution in [2.75, 3.05) is 0 Å². The topological polar surface area (TPSA) is 37.4 Å². The molecule has 1 saturated carbocycles. The normalized spacial score (nSPS) is 29.9. The lowest BCUT2D eigenvalue weighted by atomic mass is 9.80. The van der Waals surface area contributed by atoms with Crippen molar-refractivity contribution in [3.8, 4) is 0 Å². The smallest absolute Gasteiger partial charge is 0.253 e. The third-order valence-corrected chi connectivity index (χ3v) is 6.08. The first-order valence-corrected chi connectivity index (χ1v) is 10.2. The summed E-state index contributed by atoms with van der Waals surface area (Å²) in [6.07, 6.45) is 15.0. The summed E-state index contributed by atoms with van der Waals surface area (Å²) in [5.41, 5.74) is 0. The van der Waals surface area contributed by atoms with Crippen LogP contribution in [0.15, 0.2) is 12.2 Å². The highest BCUT2D eigenvalue weighted by Gasteiger charge is 2.47. The Balaban J connectivity index is 2.19. The number of carbonyl (C=O) groups excluding carboxylic acids is 2. The van der Waals surface area contributed by atoms with Gasteiger partial charge in [-0.1, -0.05) is 65.7 Å². The Morgan fingerprint density at radius 1 is 0.833 bits per heavy atom. The lowest BCUT2D eigenvalue weighted by molar-refractivity contribution is -0.140. The van der Waals surface area contributed by atoms with Crippen LogP contribution in [-0.2, 0) is 9.59 Å². The van der Waals surface area contributed by atoms with Crippen LogP contribution < -0.4 is 0 Å². The number of hydrogen-bond donors (Lipinski definition) is 0. The van der Waals surface area contributed by atoms with Gasteiger partial charge in [0.2, 0.25) is 0 Å². The highest BCUT2D eigenvalue weighted by Crippen LogP contribution is 2.47. The molecule has 0 bridgehead atoms. The summed E-state index contributed by atoms with van der Waals surface area (Å²) in [7, 11) is 0. The van der Waals surface area contributed by atoms with Gasteiger partial charge in [-0.25, -0.2) is 0 Å². The van der Waals surface area contributed by atoms with Crippen molar-refractivity contribution >= 4 is 11.8 Å². The largest absolute Gasteiger partial charge is 0.272 e. The van der Waals surface area contributed by atoms with Gasteiger partial charge in [-0.3, -0.25) is 14.5 Å². The fourth-order valence-corrected chi connectivity index (χ4v) is 4.86. The molecule has 1 heterocycles. The highest BCUT2D eigenvalue weighted by atomic mass is 16.2. The Morgan fingerprint density at radius 2 is 1.33 bits per heavy atom. The molecule has 136 valence electrons. The van der Waals surface area contributed by atoms with Gasteiger partial charge in [-0.15, -0.1) is 0 Å². The molecule has 0 aromatic heterocycles. The van der Waals surface area contributed by atoms with Crippen molar-refractivity contribution in [2.45, 2.75) is 91.0 Å². The molecule has 0 saturated heterocycles. The van der Waals surface area contributed by atoms with Gasteiger partial charge >= 0.3 is 0 Å². The second kappa shape index (κ2) is 9.39. The molecule has 0 N–H and O–H groups in total. The lowest BCUT2D eigenvalue weighted by Crippen LogP contribution is -2.43. The summed E-state index contributed by atoms with van der Waals surface area (Å²) < 4.78 is 0. The molecule has 0 aromatic carbocycles. The van der Waals surface area contributed by atoms with E-state index in [9.17, 15) is 9.59 Å². The van der Waals surface area contributed by atoms with Crippen molar-refractivity contribution in [1.29, 1.82) is 0 Å². The van der Waals surface area contributed by atoms with Gasteiger partial charge in [0.25, 0.3) is 11.8 Å². The number of imide groups is 1. The molecule has 0 aromatic rings. The Kier molecular flexibility index (Phi) is 7.51. The molecule has 0 spiro atoms. The van der Waals surface area contributed by atoms with Gasteiger partial charge in [0.05, 0.1) is 0 Å². The van der Waals surface area contributed by atoms with Crippen molar-refractivity contribution < 1.29 is 9.59 Å². The summed E-state index contributed by atoms with van der Waals surface area (Å²) >= 11 is 0. The Bertz CT molecular complexity index is 439. The molecule has 4 atom stereocenters. The number of carbonyl (C=O) groups is 2. The Hall–Kier alpha value is -1.12. The van der Waals surface area contributed by atoms with E-state index in [4.69, 9.17) is 0 Å². The van der Waals surface area contributed by atoms with E-state index in [1.165, 1.54) is 63.5 Å². The summed E-state index contributed by atoms with van der Waals surface area (Å²) in [5, 5.41) is 0. The van der Waals surface area contributed by atoms with Crippen molar-refractivity contribution in [3.63, 3.8) is 0 Å². The van der Waals surface area contributed by atoms with Crippen LogP contribution in [0.5, 0.6) is 0 Å². The first-order chi connectivity index (χ1) is 11.6.